The van der Waals surface area contributed by atoms with E-state index in [0.29, 0.717) is 23.1 Å². The summed E-state index contributed by atoms with van der Waals surface area (Å²) >= 11 is 1.36. The van der Waals surface area contributed by atoms with Crippen LogP contribution in [0.1, 0.15) is 33.1 Å². The van der Waals surface area contributed by atoms with E-state index >= 15 is 0 Å². The van der Waals surface area contributed by atoms with E-state index in [4.69, 9.17) is 0 Å². The van der Waals surface area contributed by atoms with Gasteiger partial charge in [0.05, 0.1) is 10.6 Å². The number of aromatic nitrogens is 1. The number of carbonyl (C=O) groups is 1. The molecule has 0 radical (unpaired) electrons. The van der Waals surface area contributed by atoms with Crippen molar-refractivity contribution in [2.24, 2.45) is 5.92 Å². The van der Waals surface area contributed by atoms with Crippen LogP contribution in [-0.4, -0.2) is 36.7 Å². The van der Waals surface area contributed by atoms with Crippen LogP contribution in [0.2, 0.25) is 0 Å². The maximum Gasteiger partial charge on any atom is 0.243 e. The second-order valence-electron chi connectivity index (χ2n) is 6.47. The quantitative estimate of drug-likeness (QED) is 0.813. The zero-order chi connectivity index (χ0) is 18.7. The summed E-state index contributed by atoms with van der Waals surface area (Å²) in [7, 11) is -3.40. The van der Waals surface area contributed by atoms with Crippen LogP contribution >= 0.6 is 11.3 Å². The molecule has 1 N–H and O–H groups in total. The van der Waals surface area contributed by atoms with Crippen molar-refractivity contribution in [3.8, 4) is 11.3 Å². The minimum atomic E-state index is -3.40. The van der Waals surface area contributed by atoms with Crippen LogP contribution in [0.15, 0.2) is 34.5 Å². The summed E-state index contributed by atoms with van der Waals surface area (Å²) in [4.78, 5) is 16.7. The Bertz CT molecular complexity index is 869. The van der Waals surface area contributed by atoms with Crippen LogP contribution in [0, 0.1) is 5.92 Å². The molecule has 1 aromatic heterocycles. The molecule has 1 saturated heterocycles. The highest BCUT2D eigenvalue weighted by molar-refractivity contribution is 7.89. The Labute approximate surface area is 158 Å². The molecule has 8 heteroatoms. The summed E-state index contributed by atoms with van der Waals surface area (Å²) < 4.78 is 26.7. The van der Waals surface area contributed by atoms with Gasteiger partial charge < -0.3 is 5.32 Å². The molecule has 3 rings (SSSR count). The van der Waals surface area contributed by atoms with E-state index in [1.807, 2.05) is 19.2 Å². The fraction of sp³-hybridized carbons (Fsp3) is 0.444. The van der Waals surface area contributed by atoms with E-state index in [9.17, 15) is 13.2 Å². The standard InChI is InChI=1S/C18H23N3O3S2/c1-3-13(2)17(22)20-18-19-16(12-25-18)14-6-8-15(9-7-14)26(23,24)21-10-4-5-11-21/h6-9,12-13H,3-5,10-11H2,1-2H3,(H,19,20,22). The first kappa shape index (κ1) is 19.0. The van der Waals surface area contributed by atoms with Gasteiger partial charge in [0, 0.05) is 30.0 Å². The van der Waals surface area contributed by atoms with Crippen molar-refractivity contribution in [2.75, 3.05) is 18.4 Å². The number of benzene rings is 1. The molecule has 0 spiro atoms. The number of rotatable bonds is 6. The largest absolute Gasteiger partial charge is 0.302 e. The highest BCUT2D eigenvalue weighted by Crippen LogP contribution is 2.27. The van der Waals surface area contributed by atoms with Crippen molar-refractivity contribution < 1.29 is 13.2 Å². The molecule has 140 valence electrons. The van der Waals surface area contributed by atoms with Gasteiger partial charge >= 0.3 is 0 Å². The van der Waals surface area contributed by atoms with Crippen molar-refractivity contribution in [3.05, 3.63) is 29.6 Å². The zero-order valence-corrected chi connectivity index (χ0v) is 16.6. The third-order valence-corrected chi connectivity index (χ3v) is 7.32. The summed E-state index contributed by atoms with van der Waals surface area (Å²) in [5.74, 6) is -0.0992. The average molecular weight is 394 g/mol. The Hall–Kier alpha value is -1.77. The first-order chi connectivity index (χ1) is 12.4. The monoisotopic (exact) mass is 393 g/mol. The lowest BCUT2D eigenvalue weighted by Crippen LogP contribution is -2.27. The molecule has 1 aliphatic heterocycles. The number of nitrogens with one attached hydrogen (secondary N) is 1. The zero-order valence-electron chi connectivity index (χ0n) is 14.9. The van der Waals surface area contributed by atoms with Crippen LogP contribution in [-0.2, 0) is 14.8 Å². The fourth-order valence-corrected chi connectivity index (χ4v) is 4.99. The number of anilines is 1. The van der Waals surface area contributed by atoms with E-state index in [-0.39, 0.29) is 11.8 Å². The number of amides is 1. The lowest BCUT2D eigenvalue weighted by Gasteiger charge is -2.15. The fourth-order valence-electron chi connectivity index (χ4n) is 2.75. The van der Waals surface area contributed by atoms with E-state index in [2.05, 4.69) is 10.3 Å². The van der Waals surface area contributed by atoms with Crippen LogP contribution in [0.3, 0.4) is 0 Å². The van der Waals surface area contributed by atoms with Gasteiger partial charge in [0.1, 0.15) is 0 Å². The van der Waals surface area contributed by atoms with Gasteiger partial charge in [-0.15, -0.1) is 11.3 Å². The van der Waals surface area contributed by atoms with Gasteiger partial charge in [-0.3, -0.25) is 4.79 Å². The molecule has 1 unspecified atom stereocenters. The summed E-state index contributed by atoms with van der Waals surface area (Å²) in [5.41, 5.74) is 1.55. The highest BCUT2D eigenvalue weighted by atomic mass is 32.2. The minimum Gasteiger partial charge on any atom is -0.302 e. The molecule has 1 aliphatic rings. The molecular weight excluding hydrogens is 370 g/mol. The van der Waals surface area contributed by atoms with Gasteiger partial charge in [-0.1, -0.05) is 26.0 Å². The Morgan fingerprint density at radius 3 is 2.54 bits per heavy atom. The van der Waals surface area contributed by atoms with Crippen LogP contribution in [0.25, 0.3) is 11.3 Å². The van der Waals surface area contributed by atoms with E-state index in [1.54, 1.807) is 24.3 Å². The molecule has 0 saturated carbocycles. The Balaban J connectivity index is 1.74. The molecule has 26 heavy (non-hydrogen) atoms. The van der Waals surface area contributed by atoms with E-state index in [0.717, 1.165) is 30.5 Å². The number of hydrogen-bond acceptors (Lipinski definition) is 5. The number of hydrogen-bond donors (Lipinski definition) is 1. The molecule has 2 heterocycles. The Kier molecular flexibility index (Phi) is 5.74. The lowest BCUT2D eigenvalue weighted by atomic mass is 10.1. The first-order valence-electron chi connectivity index (χ1n) is 8.79. The number of sulfonamides is 1. The third-order valence-electron chi connectivity index (χ3n) is 4.65. The number of thiazole rings is 1. The van der Waals surface area contributed by atoms with Crippen LogP contribution in [0.4, 0.5) is 5.13 Å². The second-order valence-corrected chi connectivity index (χ2v) is 9.27. The maximum atomic E-state index is 12.6. The average Bonchev–Trinajstić information content (AvgIpc) is 3.33. The molecular formula is C18H23N3O3S2. The molecule has 1 atom stereocenters. The highest BCUT2D eigenvalue weighted by Gasteiger charge is 2.27. The normalized spacial score (nSPS) is 16.5. The molecule has 0 aliphatic carbocycles. The maximum absolute atomic E-state index is 12.6. The smallest absolute Gasteiger partial charge is 0.243 e. The van der Waals surface area contributed by atoms with E-state index < -0.39 is 10.0 Å². The lowest BCUT2D eigenvalue weighted by molar-refractivity contribution is -0.119. The Morgan fingerprint density at radius 2 is 1.92 bits per heavy atom. The van der Waals surface area contributed by atoms with Gasteiger partial charge in [-0.2, -0.15) is 4.31 Å². The van der Waals surface area contributed by atoms with Crippen molar-refractivity contribution in [2.45, 2.75) is 38.0 Å². The SMILES string of the molecule is CCC(C)C(=O)Nc1nc(-c2ccc(S(=O)(=O)N3CCCC3)cc2)cs1. The van der Waals surface area contributed by atoms with Gasteiger partial charge in [-0.25, -0.2) is 13.4 Å². The molecule has 0 bridgehead atoms. The van der Waals surface area contributed by atoms with Crippen molar-refractivity contribution in [3.63, 3.8) is 0 Å². The molecule has 6 nitrogen and oxygen atoms in total. The van der Waals surface area contributed by atoms with Gasteiger partial charge in [0.15, 0.2) is 5.13 Å². The topological polar surface area (TPSA) is 79.4 Å². The second kappa shape index (κ2) is 7.85. The van der Waals surface area contributed by atoms with Gasteiger partial charge in [0.25, 0.3) is 0 Å². The Morgan fingerprint density at radius 1 is 1.27 bits per heavy atom. The van der Waals surface area contributed by atoms with Crippen LogP contribution < -0.4 is 5.32 Å². The summed E-state index contributed by atoms with van der Waals surface area (Å²) in [5, 5.41) is 5.23. The number of carbonyl (C=O) groups excluding carboxylic acids is 1. The molecule has 1 fully saturated rings. The van der Waals surface area contributed by atoms with Crippen molar-refractivity contribution in [1.29, 1.82) is 0 Å². The first-order valence-corrected chi connectivity index (χ1v) is 11.1. The van der Waals surface area contributed by atoms with Crippen LogP contribution in [0.5, 0.6) is 0 Å². The van der Waals surface area contributed by atoms with Gasteiger partial charge in [0.2, 0.25) is 15.9 Å². The summed E-state index contributed by atoms with van der Waals surface area (Å²) in [6.45, 7) is 5.03. The molecule has 1 amide bonds. The summed E-state index contributed by atoms with van der Waals surface area (Å²) in [6, 6.07) is 6.77. The number of nitrogens with zero attached hydrogens (tertiary/aromatic N) is 2. The predicted molar refractivity (Wildman–Crippen MR) is 104 cm³/mol. The van der Waals surface area contributed by atoms with Crippen molar-refractivity contribution in [1.82, 2.24) is 9.29 Å². The van der Waals surface area contributed by atoms with Gasteiger partial charge in [-0.05, 0) is 31.4 Å². The minimum absolute atomic E-state index is 0.0412. The molecule has 2 aromatic rings. The third kappa shape index (κ3) is 3.97. The van der Waals surface area contributed by atoms with E-state index in [1.165, 1.54) is 15.6 Å². The predicted octanol–water partition coefficient (Wildman–Crippen LogP) is 3.58. The molecule has 1 aromatic carbocycles. The summed E-state index contributed by atoms with van der Waals surface area (Å²) in [6.07, 6.45) is 2.61. The van der Waals surface area contributed by atoms with Crippen molar-refractivity contribution >= 4 is 32.4 Å².